The van der Waals surface area contributed by atoms with Crippen molar-refractivity contribution in [1.82, 2.24) is 14.6 Å². The second-order valence-electron chi connectivity index (χ2n) is 6.77. The number of amides is 1. The lowest BCUT2D eigenvalue weighted by Gasteiger charge is -2.22. The number of anilines is 1. The van der Waals surface area contributed by atoms with Gasteiger partial charge in [-0.25, -0.2) is 0 Å². The van der Waals surface area contributed by atoms with Crippen LogP contribution in [0.5, 0.6) is 0 Å². The molecule has 0 bridgehead atoms. The molecule has 0 N–H and O–H groups in total. The van der Waals surface area contributed by atoms with E-state index in [2.05, 4.69) is 17.1 Å². The zero-order valence-electron chi connectivity index (χ0n) is 15.7. The highest BCUT2D eigenvalue weighted by Gasteiger charge is 2.32. The predicted octanol–water partition coefficient (Wildman–Crippen LogP) is 5.41. The lowest BCUT2D eigenvalue weighted by Crippen LogP contribution is -2.33. The number of fused-ring (bicyclic) bond motifs is 2. The van der Waals surface area contributed by atoms with Gasteiger partial charge in [0, 0.05) is 22.9 Å². The first-order chi connectivity index (χ1) is 14.2. The van der Waals surface area contributed by atoms with Crippen LogP contribution < -0.4 is 4.90 Å². The first-order valence-electron chi connectivity index (χ1n) is 9.04. The zero-order valence-corrected chi connectivity index (χ0v) is 18.1. The van der Waals surface area contributed by atoms with Crippen LogP contribution in [0.3, 0.4) is 0 Å². The van der Waals surface area contributed by atoms with Crippen LogP contribution in [0, 0.1) is 0 Å². The van der Waals surface area contributed by atoms with Crippen LogP contribution in [-0.2, 0) is 11.0 Å². The molecule has 30 heavy (non-hydrogen) atoms. The third-order valence-electron chi connectivity index (χ3n) is 4.63. The summed E-state index contributed by atoms with van der Waals surface area (Å²) in [5.41, 5.74) is 0.0661. The largest absolute Gasteiger partial charge is 0.417 e. The third kappa shape index (κ3) is 4.26. The Morgan fingerprint density at radius 1 is 1.33 bits per heavy atom. The molecular formula is C19H16ClF3N4OS2. The van der Waals surface area contributed by atoms with Gasteiger partial charge in [0.25, 0.3) is 0 Å². The van der Waals surface area contributed by atoms with E-state index >= 15 is 0 Å². The van der Waals surface area contributed by atoms with Gasteiger partial charge in [0.05, 0.1) is 22.0 Å². The molecule has 1 aliphatic rings. The fourth-order valence-electron chi connectivity index (χ4n) is 3.14. The summed E-state index contributed by atoms with van der Waals surface area (Å²) in [6.45, 7) is 2.70. The van der Waals surface area contributed by atoms with Crippen molar-refractivity contribution in [1.29, 1.82) is 0 Å². The number of carbonyl (C=O) groups is 1. The van der Waals surface area contributed by atoms with Gasteiger partial charge in [0.15, 0.2) is 10.8 Å². The van der Waals surface area contributed by atoms with Crippen LogP contribution in [0.2, 0.25) is 5.02 Å². The Morgan fingerprint density at radius 3 is 2.87 bits per heavy atom. The first-order valence-corrected chi connectivity index (χ1v) is 11.3. The lowest BCUT2D eigenvalue weighted by molar-refractivity contribution is -0.137. The molecule has 0 radical (unpaired) electrons. The van der Waals surface area contributed by atoms with Gasteiger partial charge in [-0.15, -0.1) is 22.0 Å². The molecule has 11 heteroatoms. The van der Waals surface area contributed by atoms with Gasteiger partial charge in [0.2, 0.25) is 5.91 Å². The Hall–Kier alpha value is -1.91. The minimum Gasteiger partial charge on any atom is -0.311 e. The first kappa shape index (κ1) is 21.3. The smallest absolute Gasteiger partial charge is 0.311 e. The fourth-order valence-corrected chi connectivity index (χ4v) is 5.28. The van der Waals surface area contributed by atoms with E-state index in [1.54, 1.807) is 16.7 Å². The van der Waals surface area contributed by atoms with E-state index in [1.165, 1.54) is 4.40 Å². The topological polar surface area (TPSA) is 50.5 Å². The maximum Gasteiger partial charge on any atom is 0.417 e. The Labute approximate surface area is 184 Å². The van der Waals surface area contributed by atoms with Gasteiger partial charge in [-0.1, -0.05) is 42.4 Å². The van der Waals surface area contributed by atoms with E-state index in [9.17, 15) is 18.0 Å². The molecule has 0 fully saturated rings. The lowest BCUT2D eigenvalue weighted by atomic mass is 10.2. The molecule has 0 aliphatic carbocycles. The molecule has 3 heterocycles. The second-order valence-corrected chi connectivity index (χ2v) is 9.60. The molecule has 1 atom stereocenters. The van der Waals surface area contributed by atoms with Crippen molar-refractivity contribution in [2.24, 2.45) is 0 Å². The molecule has 0 spiro atoms. The second kappa shape index (κ2) is 8.32. The predicted molar refractivity (Wildman–Crippen MR) is 112 cm³/mol. The molecule has 4 rings (SSSR count). The highest BCUT2D eigenvalue weighted by Crippen LogP contribution is 2.38. The molecule has 0 saturated heterocycles. The molecule has 1 aliphatic heterocycles. The van der Waals surface area contributed by atoms with Gasteiger partial charge in [-0.2, -0.15) is 13.2 Å². The number of pyridine rings is 1. The number of thioether (sulfide) groups is 2. The average Bonchev–Trinajstić information content (AvgIpc) is 3.02. The van der Waals surface area contributed by atoms with E-state index in [0.29, 0.717) is 11.8 Å². The summed E-state index contributed by atoms with van der Waals surface area (Å²) in [5, 5.41) is 8.18. The van der Waals surface area contributed by atoms with E-state index in [4.69, 9.17) is 11.6 Å². The van der Waals surface area contributed by atoms with Crippen LogP contribution in [0.4, 0.5) is 18.9 Å². The highest BCUT2D eigenvalue weighted by molar-refractivity contribution is 8.00. The van der Waals surface area contributed by atoms with Crippen molar-refractivity contribution in [2.45, 2.75) is 34.8 Å². The van der Waals surface area contributed by atoms with Crippen LogP contribution in [-0.4, -0.2) is 38.1 Å². The number of benzene rings is 1. The maximum atomic E-state index is 13.1. The van der Waals surface area contributed by atoms with E-state index in [1.807, 2.05) is 24.3 Å². The van der Waals surface area contributed by atoms with Crippen molar-refractivity contribution in [3.63, 3.8) is 0 Å². The summed E-state index contributed by atoms with van der Waals surface area (Å²) in [4.78, 5) is 15.7. The van der Waals surface area contributed by atoms with Crippen molar-refractivity contribution in [3.05, 3.63) is 47.1 Å². The molecule has 0 saturated carbocycles. The zero-order chi connectivity index (χ0) is 21.5. The molecule has 2 aromatic heterocycles. The number of halogens is 4. The third-order valence-corrected chi connectivity index (χ3v) is 7.07. The molecule has 1 aromatic carbocycles. The fraction of sp³-hybridized carbons (Fsp3) is 0.316. The molecular weight excluding hydrogens is 457 g/mol. The monoisotopic (exact) mass is 472 g/mol. The number of rotatable bonds is 3. The number of nitrogens with zero attached hydrogens (tertiary/aromatic N) is 4. The molecule has 1 amide bonds. The van der Waals surface area contributed by atoms with Crippen molar-refractivity contribution >= 4 is 52.4 Å². The number of hydrogen-bond acceptors (Lipinski definition) is 5. The Balaban J connectivity index is 1.57. The van der Waals surface area contributed by atoms with Gasteiger partial charge < -0.3 is 4.90 Å². The average molecular weight is 473 g/mol. The normalized spacial score (nSPS) is 17.1. The van der Waals surface area contributed by atoms with Crippen molar-refractivity contribution in [3.8, 4) is 0 Å². The molecule has 3 aromatic rings. The summed E-state index contributed by atoms with van der Waals surface area (Å²) in [5.74, 6) is -0.126. The number of para-hydroxylation sites is 1. The summed E-state index contributed by atoms with van der Waals surface area (Å²) in [6.07, 6.45) is -2.81. The standard InChI is InChI=1S/C19H16ClF3N4OS2/c1-11-6-7-26(14-4-2-3-5-15(14)30-11)16(28)10-29-18-25-24-17-13(20)8-12(9-27(17)18)19(21,22)23/h2-5,8-9,11H,6-7,10H2,1H3/t11-/m1/s1. The van der Waals surface area contributed by atoms with Gasteiger partial charge in [-0.05, 0) is 24.6 Å². The summed E-state index contributed by atoms with van der Waals surface area (Å²) in [6, 6.07) is 8.53. The van der Waals surface area contributed by atoms with E-state index in [0.717, 1.165) is 41.0 Å². The molecule has 0 unspecified atom stereocenters. The van der Waals surface area contributed by atoms with Crippen molar-refractivity contribution in [2.75, 3.05) is 17.2 Å². The SMILES string of the molecule is C[C@@H]1CCN(C(=O)CSc2nnc3c(Cl)cc(C(F)(F)F)cn23)c2ccccc2S1. The summed E-state index contributed by atoms with van der Waals surface area (Å²) >= 11 is 8.71. The number of carbonyl (C=O) groups excluding carboxylic acids is 1. The van der Waals surface area contributed by atoms with E-state index < -0.39 is 11.7 Å². The summed E-state index contributed by atoms with van der Waals surface area (Å²) < 4.78 is 40.5. The Bertz CT molecular complexity index is 1110. The van der Waals surface area contributed by atoms with Gasteiger partial charge >= 0.3 is 6.18 Å². The van der Waals surface area contributed by atoms with Crippen LogP contribution in [0.1, 0.15) is 18.9 Å². The van der Waals surface area contributed by atoms with Gasteiger partial charge in [0.1, 0.15) is 0 Å². The van der Waals surface area contributed by atoms with Crippen LogP contribution in [0.15, 0.2) is 46.6 Å². The number of alkyl halides is 3. The molecule has 5 nitrogen and oxygen atoms in total. The number of aromatic nitrogens is 3. The van der Waals surface area contributed by atoms with Gasteiger partial charge in [-0.3, -0.25) is 9.20 Å². The van der Waals surface area contributed by atoms with Crippen molar-refractivity contribution < 1.29 is 18.0 Å². The quantitative estimate of drug-likeness (QED) is 0.477. The maximum absolute atomic E-state index is 13.1. The van der Waals surface area contributed by atoms with Crippen LogP contribution >= 0.6 is 35.1 Å². The minimum atomic E-state index is -4.55. The van der Waals surface area contributed by atoms with Crippen LogP contribution in [0.25, 0.3) is 5.65 Å². The van der Waals surface area contributed by atoms with E-state index in [-0.39, 0.29) is 27.5 Å². The Kier molecular flexibility index (Phi) is 5.91. The highest BCUT2D eigenvalue weighted by atomic mass is 35.5. The minimum absolute atomic E-state index is 0.0159. The Morgan fingerprint density at radius 2 is 2.10 bits per heavy atom. The number of hydrogen-bond donors (Lipinski definition) is 0. The molecule has 158 valence electrons. The summed E-state index contributed by atoms with van der Waals surface area (Å²) in [7, 11) is 0.